The lowest BCUT2D eigenvalue weighted by Crippen LogP contribution is -2.29. The molecule has 1 atom stereocenters. The van der Waals surface area contributed by atoms with Crippen molar-refractivity contribution in [1.82, 2.24) is 5.43 Å². The molecule has 0 bridgehead atoms. The molecule has 0 aromatic heterocycles. The summed E-state index contributed by atoms with van der Waals surface area (Å²) in [6.07, 6.45) is 0.463. The first-order valence-corrected chi connectivity index (χ1v) is 7.41. The van der Waals surface area contributed by atoms with Crippen molar-refractivity contribution in [2.75, 3.05) is 0 Å². The smallest absolute Gasteiger partial charge is 0.123 e. The maximum atomic E-state index is 13.3. The molecule has 0 aliphatic heterocycles. The maximum absolute atomic E-state index is 13.3. The van der Waals surface area contributed by atoms with Gasteiger partial charge < -0.3 is 0 Å². The Morgan fingerprint density at radius 2 is 1.90 bits per heavy atom. The zero-order chi connectivity index (χ0) is 14.7. The van der Waals surface area contributed by atoms with Gasteiger partial charge in [-0.15, -0.1) is 0 Å². The van der Waals surface area contributed by atoms with Crippen molar-refractivity contribution >= 4 is 39.1 Å². The molecule has 2 rings (SSSR count). The summed E-state index contributed by atoms with van der Waals surface area (Å²) >= 11 is 15.5. The fraction of sp³-hybridized carbons (Fsp3) is 0.143. The molecule has 20 heavy (non-hydrogen) atoms. The summed E-state index contributed by atoms with van der Waals surface area (Å²) in [5.74, 6) is 5.26. The second-order valence-corrected chi connectivity index (χ2v) is 6.00. The van der Waals surface area contributed by atoms with Gasteiger partial charge in [0.25, 0.3) is 0 Å². The number of halogens is 4. The number of hydrazine groups is 1. The predicted molar refractivity (Wildman–Crippen MR) is 84.3 cm³/mol. The third kappa shape index (κ3) is 3.71. The van der Waals surface area contributed by atoms with Crippen LogP contribution in [-0.2, 0) is 6.42 Å². The van der Waals surface area contributed by atoms with Crippen LogP contribution in [0.4, 0.5) is 4.39 Å². The predicted octanol–water partition coefficient (Wildman–Crippen LogP) is 4.64. The Morgan fingerprint density at radius 1 is 1.15 bits per heavy atom. The van der Waals surface area contributed by atoms with Gasteiger partial charge in [-0.3, -0.25) is 11.3 Å². The van der Waals surface area contributed by atoms with E-state index in [9.17, 15) is 4.39 Å². The van der Waals surface area contributed by atoms with Crippen LogP contribution in [-0.4, -0.2) is 0 Å². The van der Waals surface area contributed by atoms with E-state index in [4.69, 9.17) is 29.0 Å². The zero-order valence-electron chi connectivity index (χ0n) is 10.3. The lowest BCUT2D eigenvalue weighted by atomic mass is 9.99. The summed E-state index contributed by atoms with van der Waals surface area (Å²) in [5, 5.41) is 1.10. The molecule has 0 saturated carbocycles. The molecule has 2 nitrogen and oxygen atoms in total. The molecule has 0 aliphatic carbocycles. The van der Waals surface area contributed by atoms with E-state index in [1.54, 1.807) is 0 Å². The Labute approximate surface area is 135 Å². The average Bonchev–Trinajstić information content (AvgIpc) is 2.43. The third-order valence-electron chi connectivity index (χ3n) is 2.98. The van der Waals surface area contributed by atoms with E-state index in [-0.39, 0.29) is 11.9 Å². The first-order chi connectivity index (χ1) is 9.51. The molecular weight excluding hydrogens is 366 g/mol. The third-order valence-corrected chi connectivity index (χ3v) is 4.58. The monoisotopic (exact) mass is 376 g/mol. The second kappa shape index (κ2) is 6.87. The van der Waals surface area contributed by atoms with Crippen LogP contribution in [0.1, 0.15) is 17.2 Å². The minimum absolute atomic E-state index is 0.208. The summed E-state index contributed by atoms with van der Waals surface area (Å²) in [4.78, 5) is 0. The minimum atomic E-state index is -0.325. The van der Waals surface area contributed by atoms with Crippen molar-refractivity contribution in [3.8, 4) is 0 Å². The van der Waals surface area contributed by atoms with Crippen molar-refractivity contribution in [1.29, 1.82) is 0 Å². The molecule has 0 spiro atoms. The van der Waals surface area contributed by atoms with E-state index in [0.717, 1.165) is 10.0 Å². The van der Waals surface area contributed by atoms with Gasteiger partial charge in [0.2, 0.25) is 0 Å². The average molecular weight is 378 g/mol. The van der Waals surface area contributed by atoms with Gasteiger partial charge >= 0.3 is 0 Å². The van der Waals surface area contributed by atoms with Crippen molar-refractivity contribution in [2.24, 2.45) is 5.84 Å². The molecule has 0 radical (unpaired) electrons. The number of rotatable bonds is 4. The highest BCUT2D eigenvalue weighted by Crippen LogP contribution is 2.29. The molecule has 0 saturated heterocycles. The van der Waals surface area contributed by atoms with Crippen molar-refractivity contribution in [3.63, 3.8) is 0 Å². The van der Waals surface area contributed by atoms with Gasteiger partial charge in [-0.05, 0) is 63.8 Å². The van der Waals surface area contributed by atoms with Crippen LogP contribution in [0, 0.1) is 5.82 Å². The van der Waals surface area contributed by atoms with Gasteiger partial charge in [0.15, 0.2) is 0 Å². The Kier molecular flexibility index (Phi) is 5.41. The van der Waals surface area contributed by atoms with E-state index in [1.165, 1.54) is 18.2 Å². The zero-order valence-corrected chi connectivity index (χ0v) is 13.4. The van der Waals surface area contributed by atoms with Crippen LogP contribution in [0.5, 0.6) is 0 Å². The molecule has 0 heterocycles. The molecule has 3 N–H and O–H groups in total. The van der Waals surface area contributed by atoms with Gasteiger partial charge in [-0.1, -0.05) is 29.3 Å². The molecule has 6 heteroatoms. The van der Waals surface area contributed by atoms with Gasteiger partial charge in [-0.25, -0.2) is 4.39 Å². The molecule has 0 fully saturated rings. The highest BCUT2D eigenvalue weighted by Gasteiger charge is 2.14. The highest BCUT2D eigenvalue weighted by atomic mass is 79.9. The molecular formula is C14H12BrCl2FN2. The van der Waals surface area contributed by atoms with Crippen molar-refractivity contribution in [3.05, 3.63) is 67.9 Å². The number of nitrogens with one attached hydrogen (secondary N) is 1. The van der Waals surface area contributed by atoms with Gasteiger partial charge in [0.05, 0.1) is 11.1 Å². The topological polar surface area (TPSA) is 38.0 Å². The van der Waals surface area contributed by atoms with Gasteiger partial charge in [0.1, 0.15) is 5.82 Å². The highest BCUT2D eigenvalue weighted by molar-refractivity contribution is 9.10. The largest absolute Gasteiger partial charge is 0.271 e. The molecule has 106 valence electrons. The Morgan fingerprint density at radius 3 is 2.55 bits per heavy atom. The summed E-state index contributed by atoms with van der Waals surface area (Å²) in [6, 6.07) is 9.61. The van der Waals surface area contributed by atoms with Crippen LogP contribution < -0.4 is 11.3 Å². The maximum Gasteiger partial charge on any atom is 0.123 e. The normalized spacial score (nSPS) is 12.4. The Bertz CT molecular complexity index is 622. The summed E-state index contributed by atoms with van der Waals surface area (Å²) in [6.45, 7) is 0. The molecule has 1 unspecified atom stereocenters. The minimum Gasteiger partial charge on any atom is -0.271 e. The Hall–Kier alpha value is -0.650. The van der Waals surface area contributed by atoms with Crippen LogP contribution in [0.25, 0.3) is 0 Å². The summed E-state index contributed by atoms with van der Waals surface area (Å²) in [7, 11) is 0. The molecule has 2 aromatic carbocycles. The van der Waals surface area contributed by atoms with Gasteiger partial charge in [-0.2, -0.15) is 0 Å². The number of hydrogen-bond donors (Lipinski definition) is 2. The number of hydrogen-bond acceptors (Lipinski definition) is 2. The van der Waals surface area contributed by atoms with E-state index >= 15 is 0 Å². The van der Waals surface area contributed by atoms with E-state index in [2.05, 4.69) is 21.4 Å². The quantitative estimate of drug-likeness (QED) is 0.601. The van der Waals surface area contributed by atoms with E-state index in [0.29, 0.717) is 22.0 Å². The van der Waals surface area contributed by atoms with Crippen LogP contribution in [0.15, 0.2) is 40.9 Å². The number of benzene rings is 2. The van der Waals surface area contributed by atoms with Crippen LogP contribution in [0.3, 0.4) is 0 Å². The second-order valence-electron chi connectivity index (χ2n) is 4.33. The SMILES string of the molecule is NNC(Cc1cc(F)ccc1Cl)c1ccc(Br)c(Cl)c1. The Balaban J connectivity index is 2.28. The summed E-state index contributed by atoms with van der Waals surface area (Å²) in [5.41, 5.74) is 4.30. The lowest BCUT2D eigenvalue weighted by Gasteiger charge is -2.18. The first kappa shape index (κ1) is 15.7. The van der Waals surface area contributed by atoms with Crippen LogP contribution >= 0.6 is 39.1 Å². The van der Waals surface area contributed by atoms with Gasteiger partial charge in [0, 0.05) is 9.50 Å². The first-order valence-electron chi connectivity index (χ1n) is 5.86. The van der Waals surface area contributed by atoms with Crippen LogP contribution in [0.2, 0.25) is 10.0 Å². The van der Waals surface area contributed by atoms with E-state index in [1.807, 2.05) is 18.2 Å². The van der Waals surface area contributed by atoms with E-state index < -0.39 is 0 Å². The van der Waals surface area contributed by atoms with Crippen molar-refractivity contribution in [2.45, 2.75) is 12.5 Å². The fourth-order valence-corrected chi connectivity index (χ4v) is 2.55. The molecule has 0 aliphatic rings. The standard InChI is InChI=1S/C14H12BrCl2FN2/c15-11-3-1-8(6-13(11)17)14(20-19)7-9-5-10(18)2-4-12(9)16/h1-6,14,20H,7,19H2. The fourth-order valence-electron chi connectivity index (χ4n) is 1.92. The molecule has 2 aromatic rings. The summed E-state index contributed by atoms with van der Waals surface area (Å²) < 4.78 is 14.1. The molecule has 0 amide bonds. The lowest BCUT2D eigenvalue weighted by molar-refractivity contribution is 0.548. The number of nitrogens with two attached hydrogens (primary N) is 1. The van der Waals surface area contributed by atoms with Crippen molar-refractivity contribution < 1.29 is 4.39 Å².